The Kier molecular flexibility index (Phi) is 2.80. The van der Waals surface area contributed by atoms with E-state index in [9.17, 15) is 17.6 Å². The first-order valence-corrected chi connectivity index (χ1v) is 6.80. The van der Waals surface area contributed by atoms with Gasteiger partial charge in [0.1, 0.15) is 5.82 Å². The summed E-state index contributed by atoms with van der Waals surface area (Å²) in [5.74, 6) is -1.32. The zero-order valence-corrected chi connectivity index (χ0v) is 9.34. The minimum absolute atomic E-state index is 0.0543. The van der Waals surface area contributed by atoms with Gasteiger partial charge in [0.25, 0.3) is 0 Å². The maximum absolute atomic E-state index is 12.9. The fourth-order valence-corrected chi connectivity index (χ4v) is 3.62. The molecule has 0 radical (unpaired) electrons. The first-order chi connectivity index (χ1) is 7.48. The highest BCUT2D eigenvalue weighted by Gasteiger charge is 2.33. The Bertz CT molecular complexity index is 522. The van der Waals surface area contributed by atoms with Crippen LogP contribution in [0.3, 0.4) is 0 Å². The SMILES string of the molecule is O=C(c1cccc(F)c1)C1CCS(=O)(=O)C1. The number of hydrogen-bond acceptors (Lipinski definition) is 3. The Morgan fingerprint density at radius 3 is 2.69 bits per heavy atom. The lowest BCUT2D eigenvalue weighted by atomic mass is 9.97. The molecule has 1 unspecified atom stereocenters. The Morgan fingerprint density at radius 1 is 1.38 bits per heavy atom. The maximum atomic E-state index is 12.9. The van der Waals surface area contributed by atoms with Gasteiger partial charge >= 0.3 is 0 Å². The molecule has 5 heteroatoms. The van der Waals surface area contributed by atoms with Crippen LogP contribution in [-0.4, -0.2) is 25.7 Å². The first kappa shape index (κ1) is 11.3. The van der Waals surface area contributed by atoms with Crippen LogP contribution in [-0.2, 0) is 9.84 Å². The summed E-state index contributed by atoms with van der Waals surface area (Å²) < 4.78 is 35.3. The predicted molar refractivity (Wildman–Crippen MR) is 57.5 cm³/mol. The molecule has 2 rings (SSSR count). The normalized spacial score (nSPS) is 23.2. The molecule has 3 nitrogen and oxygen atoms in total. The van der Waals surface area contributed by atoms with Gasteiger partial charge in [-0.05, 0) is 18.6 Å². The third-order valence-corrected chi connectivity index (χ3v) is 4.48. The summed E-state index contributed by atoms with van der Waals surface area (Å²) >= 11 is 0. The van der Waals surface area contributed by atoms with Gasteiger partial charge in [0, 0.05) is 11.5 Å². The van der Waals surface area contributed by atoms with Gasteiger partial charge in [-0.3, -0.25) is 4.79 Å². The fraction of sp³-hybridized carbons (Fsp3) is 0.364. The number of benzene rings is 1. The average Bonchev–Trinajstić information content (AvgIpc) is 2.58. The van der Waals surface area contributed by atoms with E-state index in [2.05, 4.69) is 0 Å². The molecule has 0 aromatic heterocycles. The maximum Gasteiger partial charge on any atom is 0.167 e. The van der Waals surface area contributed by atoms with Gasteiger partial charge in [-0.25, -0.2) is 12.8 Å². The van der Waals surface area contributed by atoms with Crippen LogP contribution < -0.4 is 0 Å². The number of hydrogen-bond donors (Lipinski definition) is 0. The van der Waals surface area contributed by atoms with Crippen molar-refractivity contribution in [2.45, 2.75) is 6.42 Å². The molecule has 1 aliphatic rings. The van der Waals surface area contributed by atoms with E-state index in [0.717, 1.165) is 6.07 Å². The Balaban J connectivity index is 2.21. The Labute approximate surface area is 93.2 Å². The molecular weight excluding hydrogens is 231 g/mol. The van der Waals surface area contributed by atoms with Crippen LogP contribution in [0.2, 0.25) is 0 Å². The molecule has 0 spiro atoms. The van der Waals surface area contributed by atoms with Crippen molar-refractivity contribution < 1.29 is 17.6 Å². The van der Waals surface area contributed by atoms with E-state index in [1.165, 1.54) is 18.2 Å². The number of halogens is 1. The molecule has 0 saturated carbocycles. The molecule has 1 heterocycles. The van der Waals surface area contributed by atoms with E-state index in [0.29, 0.717) is 6.42 Å². The molecule has 0 bridgehead atoms. The van der Waals surface area contributed by atoms with Gasteiger partial charge in [-0.1, -0.05) is 12.1 Å². The number of carbonyl (C=O) groups excluding carboxylic acids is 1. The Hall–Kier alpha value is -1.23. The topological polar surface area (TPSA) is 51.2 Å². The molecule has 0 aliphatic carbocycles. The third-order valence-electron chi connectivity index (χ3n) is 2.71. The van der Waals surface area contributed by atoms with Gasteiger partial charge in [0.2, 0.25) is 0 Å². The lowest BCUT2D eigenvalue weighted by molar-refractivity contribution is 0.0933. The van der Waals surface area contributed by atoms with Gasteiger partial charge < -0.3 is 0 Å². The van der Waals surface area contributed by atoms with Crippen molar-refractivity contribution in [3.63, 3.8) is 0 Å². The average molecular weight is 242 g/mol. The third kappa shape index (κ3) is 2.29. The summed E-state index contributed by atoms with van der Waals surface area (Å²) in [5.41, 5.74) is 0.252. The van der Waals surface area contributed by atoms with Crippen molar-refractivity contribution in [1.82, 2.24) is 0 Å². The molecule has 0 amide bonds. The highest BCUT2D eigenvalue weighted by atomic mass is 32.2. The van der Waals surface area contributed by atoms with E-state index >= 15 is 0 Å². The van der Waals surface area contributed by atoms with Crippen molar-refractivity contribution in [2.75, 3.05) is 11.5 Å². The van der Waals surface area contributed by atoms with Crippen molar-refractivity contribution in [3.05, 3.63) is 35.6 Å². The quantitative estimate of drug-likeness (QED) is 0.737. The summed E-state index contributed by atoms with van der Waals surface area (Å²) in [4.78, 5) is 11.9. The highest BCUT2D eigenvalue weighted by molar-refractivity contribution is 7.91. The molecule has 1 aromatic carbocycles. The molecule has 1 aromatic rings. The van der Waals surface area contributed by atoms with Crippen LogP contribution in [0.4, 0.5) is 4.39 Å². The monoisotopic (exact) mass is 242 g/mol. The first-order valence-electron chi connectivity index (χ1n) is 4.98. The van der Waals surface area contributed by atoms with E-state index in [1.54, 1.807) is 0 Å². The molecule has 1 saturated heterocycles. The second-order valence-corrected chi connectivity index (χ2v) is 6.20. The van der Waals surface area contributed by atoms with Gasteiger partial charge in [-0.2, -0.15) is 0 Å². The van der Waals surface area contributed by atoms with Gasteiger partial charge in [0.05, 0.1) is 11.5 Å². The number of Topliss-reactive ketones (excluding diaryl/α,β-unsaturated/α-hetero) is 1. The second-order valence-electron chi connectivity index (χ2n) is 3.97. The van der Waals surface area contributed by atoms with Crippen LogP contribution in [0, 0.1) is 11.7 Å². The minimum Gasteiger partial charge on any atom is -0.294 e. The summed E-state index contributed by atoms with van der Waals surface area (Å²) in [6.45, 7) is 0. The number of ketones is 1. The zero-order chi connectivity index (χ0) is 11.8. The van der Waals surface area contributed by atoms with E-state index < -0.39 is 21.6 Å². The molecule has 16 heavy (non-hydrogen) atoms. The second kappa shape index (κ2) is 3.97. The summed E-state index contributed by atoms with van der Waals surface area (Å²) in [7, 11) is -3.07. The summed E-state index contributed by atoms with van der Waals surface area (Å²) in [6, 6.07) is 5.36. The van der Waals surface area contributed by atoms with Crippen LogP contribution in [0.1, 0.15) is 16.8 Å². The molecule has 1 atom stereocenters. The standard InChI is InChI=1S/C11H11FO3S/c12-10-3-1-2-8(6-10)11(13)9-4-5-16(14,15)7-9/h1-3,6,9H,4-5,7H2. The highest BCUT2D eigenvalue weighted by Crippen LogP contribution is 2.22. The van der Waals surface area contributed by atoms with Crippen LogP contribution in [0.15, 0.2) is 24.3 Å². The number of carbonyl (C=O) groups is 1. The Morgan fingerprint density at radius 2 is 2.12 bits per heavy atom. The number of sulfone groups is 1. The number of rotatable bonds is 2. The smallest absolute Gasteiger partial charge is 0.167 e. The summed E-state index contributed by atoms with van der Waals surface area (Å²) in [5, 5.41) is 0. The van der Waals surface area contributed by atoms with Gasteiger partial charge in [0.15, 0.2) is 15.6 Å². The van der Waals surface area contributed by atoms with Crippen molar-refractivity contribution in [1.29, 1.82) is 0 Å². The van der Waals surface area contributed by atoms with E-state index in [-0.39, 0.29) is 22.9 Å². The van der Waals surface area contributed by atoms with E-state index in [4.69, 9.17) is 0 Å². The molecule has 1 fully saturated rings. The molecule has 1 aliphatic heterocycles. The van der Waals surface area contributed by atoms with Crippen molar-refractivity contribution >= 4 is 15.6 Å². The van der Waals surface area contributed by atoms with Crippen LogP contribution in [0.25, 0.3) is 0 Å². The minimum atomic E-state index is -3.07. The lowest BCUT2D eigenvalue weighted by Crippen LogP contribution is -2.16. The van der Waals surface area contributed by atoms with Crippen molar-refractivity contribution in [2.24, 2.45) is 5.92 Å². The summed E-state index contributed by atoms with van der Waals surface area (Å²) in [6.07, 6.45) is 0.345. The van der Waals surface area contributed by atoms with Crippen LogP contribution >= 0.6 is 0 Å². The largest absolute Gasteiger partial charge is 0.294 e. The van der Waals surface area contributed by atoms with Crippen molar-refractivity contribution in [3.8, 4) is 0 Å². The molecular formula is C11H11FO3S. The lowest BCUT2D eigenvalue weighted by Gasteiger charge is -2.06. The van der Waals surface area contributed by atoms with Gasteiger partial charge in [-0.15, -0.1) is 0 Å². The molecule has 86 valence electrons. The fourth-order valence-electron chi connectivity index (χ4n) is 1.88. The zero-order valence-electron chi connectivity index (χ0n) is 8.52. The van der Waals surface area contributed by atoms with Crippen LogP contribution in [0.5, 0.6) is 0 Å². The predicted octanol–water partition coefficient (Wildman–Crippen LogP) is 1.44. The molecule has 0 N–H and O–H groups in total. The van der Waals surface area contributed by atoms with E-state index in [1.807, 2.05) is 0 Å².